The number of fused-ring (bicyclic) bond motifs is 4. The monoisotopic (exact) mass is 480 g/mol. The normalized spacial score (nSPS) is 49.9. The molecule has 7 heteroatoms. The summed E-state index contributed by atoms with van der Waals surface area (Å²) >= 11 is 0. The van der Waals surface area contributed by atoms with Gasteiger partial charge in [0.2, 0.25) is 0 Å². The highest BCUT2D eigenvalue weighted by atomic mass is 16.6. The number of rotatable bonds is 12. The topological polar surface area (TPSA) is 82.2 Å². The molecule has 6 aliphatic rings. The van der Waals surface area contributed by atoms with Crippen LogP contribution < -0.4 is 0 Å². The van der Waals surface area contributed by atoms with Crippen molar-refractivity contribution in [3.05, 3.63) is 0 Å². The molecule has 0 amide bonds. The number of hydrogen-bond acceptors (Lipinski definition) is 7. The second kappa shape index (κ2) is 9.55. The van der Waals surface area contributed by atoms with E-state index in [2.05, 4.69) is 13.8 Å². The van der Waals surface area contributed by atoms with E-state index in [-0.39, 0.29) is 23.0 Å². The van der Waals surface area contributed by atoms with E-state index in [0.717, 1.165) is 71.4 Å². The Morgan fingerprint density at radius 2 is 1.21 bits per heavy atom. The fourth-order valence-corrected chi connectivity index (χ4v) is 7.66. The summed E-state index contributed by atoms with van der Waals surface area (Å²) in [6, 6.07) is 0. The first-order valence-electron chi connectivity index (χ1n) is 13.8. The fourth-order valence-electron chi connectivity index (χ4n) is 7.66. The Labute approximate surface area is 204 Å². The van der Waals surface area contributed by atoms with E-state index in [4.69, 9.17) is 28.4 Å². The molecule has 6 fully saturated rings. The Morgan fingerprint density at radius 3 is 1.79 bits per heavy atom. The molecular weight excluding hydrogens is 436 g/mol. The van der Waals surface area contributed by atoms with Gasteiger partial charge in [0.1, 0.15) is 18.3 Å². The average molecular weight is 481 g/mol. The summed E-state index contributed by atoms with van der Waals surface area (Å²) in [7, 11) is 0. The third kappa shape index (κ3) is 5.22. The molecule has 2 saturated heterocycles. The van der Waals surface area contributed by atoms with E-state index in [9.17, 15) is 5.11 Å². The number of aliphatic hydroxyl groups excluding tert-OH is 1. The molecule has 11 atom stereocenters. The van der Waals surface area contributed by atoms with Gasteiger partial charge in [-0.1, -0.05) is 13.8 Å². The SMILES string of the molecule is CC12CC(CCC1OCC(O)COC1CC3(C)CC1CCC3OCC1CO1)C(OCC1CO1)C2. The van der Waals surface area contributed by atoms with Gasteiger partial charge in [-0.25, -0.2) is 0 Å². The van der Waals surface area contributed by atoms with Crippen LogP contribution in [0.25, 0.3) is 0 Å². The van der Waals surface area contributed by atoms with Crippen molar-refractivity contribution in [1.82, 2.24) is 0 Å². The van der Waals surface area contributed by atoms with Crippen LogP contribution in [0.2, 0.25) is 0 Å². The Balaban J connectivity index is 0.931. The summed E-state index contributed by atoms with van der Waals surface area (Å²) < 4.78 is 35.6. The van der Waals surface area contributed by atoms with Crippen molar-refractivity contribution in [2.45, 2.75) is 108 Å². The highest BCUT2D eigenvalue weighted by Gasteiger charge is 2.53. The number of ether oxygens (including phenoxy) is 6. The Morgan fingerprint density at radius 1 is 0.706 bits per heavy atom. The number of aliphatic hydroxyl groups is 1. The fraction of sp³-hybridized carbons (Fsp3) is 1.00. The summed E-state index contributed by atoms with van der Waals surface area (Å²) in [4.78, 5) is 0. The predicted molar refractivity (Wildman–Crippen MR) is 125 cm³/mol. The Kier molecular flexibility index (Phi) is 6.76. The van der Waals surface area contributed by atoms with Crippen molar-refractivity contribution in [1.29, 1.82) is 0 Å². The molecule has 6 rings (SSSR count). The van der Waals surface area contributed by atoms with Crippen molar-refractivity contribution in [2.24, 2.45) is 22.7 Å². The molecule has 0 aromatic carbocycles. The van der Waals surface area contributed by atoms with Crippen molar-refractivity contribution >= 4 is 0 Å². The van der Waals surface area contributed by atoms with Gasteiger partial charge in [-0.05, 0) is 74.0 Å². The molecule has 0 spiro atoms. The lowest BCUT2D eigenvalue weighted by atomic mass is 9.75. The molecule has 7 nitrogen and oxygen atoms in total. The summed E-state index contributed by atoms with van der Waals surface area (Å²) in [6.45, 7) is 8.59. The van der Waals surface area contributed by atoms with Gasteiger partial charge in [0, 0.05) is 0 Å². The van der Waals surface area contributed by atoms with E-state index in [0.29, 0.717) is 49.5 Å². The maximum absolute atomic E-state index is 10.7. The third-order valence-corrected chi connectivity index (χ3v) is 9.77. The molecule has 1 N–H and O–H groups in total. The summed E-state index contributed by atoms with van der Waals surface area (Å²) in [5.41, 5.74) is 0.333. The maximum Gasteiger partial charge on any atom is 0.104 e. The maximum atomic E-state index is 10.7. The molecule has 4 aliphatic carbocycles. The summed E-state index contributed by atoms with van der Waals surface area (Å²) in [5, 5.41) is 10.7. The minimum Gasteiger partial charge on any atom is -0.388 e. The number of epoxide rings is 2. The lowest BCUT2D eigenvalue weighted by Crippen LogP contribution is -2.38. The van der Waals surface area contributed by atoms with Gasteiger partial charge in [-0.2, -0.15) is 0 Å². The second-order valence-corrected chi connectivity index (χ2v) is 12.8. The minimum absolute atomic E-state index is 0.149. The van der Waals surface area contributed by atoms with Crippen LogP contribution in [0.5, 0.6) is 0 Å². The molecule has 4 saturated carbocycles. The lowest BCUT2D eigenvalue weighted by molar-refractivity contribution is -0.104. The first kappa shape index (κ1) is 24.1. The average Bonchev–Trinajstić information content (AvgIpc) is 3.73. The van der Waals surface area contributed by atoms with Crippen molar-refractivity contribution in [2.75, 3.05) is 39.6 Å². The van der Waals surface area contributed by atoms with Crippen molar-refractivity contribution < 1.29 is 33.5 Å². The number of hydrogen-bond donors (Lipinski definition) is 1. The van der Waals surface area contributed by atoms with Gasteiger partial charge < -0.3 is 33.5 Å². The van der Waals surface area contributed by atoms with Crippen LogP contribution in [-0.2, 0) is 28.4 Å². The molecule has 34 heavy (non-hydrogen) atoms. The van der Waals surface area contributed by atoms with Gasteiger partial charge in [0.15, 0.2) is 0 Å². The third-order valence-electron chi connectivity index (χ3n) is 9.77. The molecule has 4 bridgehead atoms. The van der Waals surface area contributed by atoms with Crippen LogP contribution in [0.4, 0.5) is 0 Å². The zero-order chi connectivity index (χ0) is 23.3. The van der Waals surface area contributed by atoms with Crippen LogP contribution in [0.3, 0.4) is 0 Å². The van der Waals surface area contributed by atoms with E-state index < -0.39 is 6.10 Å². The standard InChI is InChI=1S/C27H44O7/c1-26-8-18(23(10-26)32-15-20-13-29-20)3-5-24(26)33-12-19(28)11-31-22-9-27(2)7-17(22)4-6-25(27)34-16-21-14-30-21/h17-25,28H,3-16H2,1-2H3. The lowest BCUT2D eigenvalue weighted by Gasteiger charge is -2.38. The highest BCUT2D eigenvalue weighted by Crippen LogP contribution is 2.54. The van der Waals surface area contributed by atoms with Gasteiger partial charge >= 0.3 is 0 Å². The van der Waals surface area contributed by atoms with Crippen LogP contribution in [0, 0.1) is 22.7 Å². The largest absolute Gasteiger partial charge is 0.388 e. The summed E-state index contributed by atoms with van der Waals surface area (Å²) in [6.07, 6.45) is 10.0. The van der Waals surface area contributed by atoms with Crippen molar-refractivity contribution in [3.63, 3.8) is 0 Å². The van der Waals surface area contributed by atoms with Gasteiger partial charge in [0.05, 0.1) is 64.1 Å². The van der Waals surface area contributed by atoms with Crippen LogP contribution in [0.15, 0.2) is 0 Å². The van der Waals surface area contributed by atoms with Crippen LogP contribution in [0.1, 0.15) is 65.2 Å². The smallest absolute Gasteiger partial charge is 0.104 e. The Bertz CT molecular complexity index is 711. The van der Waals surface area contributed by atoms with E-state index in [1.54, 1.807) is 0 Å². The quantitative estimate of drug-likeness (QED) is 0.430. The van der Waals surface area contributed by atoms with Crippen LogP contribution in [-0.4, -0.2) is 87.5 Å². The van der Waals surface area contributed by atoms with E-state index >= 15 is 0 Å². The molecule has 0 aromatic rings. The van der Waals surface area contributed by atoms with Crippen molar-refractivity contribution in [3.8, 4) is 0 Å². The minimum atomic E-state index is -0.575. The first-order chi connectivity index (χ1) is 16.4. The van der Waals surface area contributed by atoms with Gasteiger partial charge in [0.25, 0.3) is 0 Å². The Hall–Kier alpha value is -0.280. The van der Waals surface area contributed by atoms with E-state index in [1.165, 1.54) is 6.42 Å². The highest BCUT2D eigenvalue weighted by molar-refractivity contribution is 5.03. The van der Waals surface area contributed by atoms with Gasteiger partial charge in [-0.3, -0.25) is 0 Å². The molecular formula is C27H44O7. The molecule has 0 radical (unpaired) electrons. The molecule has 2 heterocycles. The van der Waals surface area contributed by atoms with E-state index in [1.807, 2.05) is 0 Å². The van der Waals surface area contributed by atoms with Gasteiger partial charge in [-0.15, -0.1) is 0 Å². The first-order valence-corrected chi connectivity index (χ1v) is 13.8. The molecule has 0 aromatic heterocycles. The molecule has 194 valence electrons. The zero-order valence-corrected chi connectivity index (χ0v) is 21.0. The second-order valence-electron chi connectivity index (χ2n) is 12.8. The predicted octanol–water partition coefficient (Wildman–Crippen LogP) is 3.11. The zero-order valence-electron chi connectivity index (χ0n) is 21.0. The summed E-state index contributed by atoms with van der Waals surface area (Å²) in [5.74, 6) is 1.23. The molecule has 11 unspecified atom stereocenters. The van der Waals surface area contributed by atoms with Crippen LogP contribution >= 0.6 is 0 Å². The molecule has 2 aliphatic heterocycles.